The fourth-order valence-corrected chi connectivity index (χ4v) is 4.12. The topological polar surface area (TPSA) is 102 Å². The van der Waals surface area contributed by atoms with Crippen LogP contribution in [0.1, 0.15) is 38.2 Å². The number of carbonyl (C=O) groups is 4. The van der Waals surface area contributed by atoms with Crippen LogP contribution in [0.25, 0.3) is 0 Å². The van der Waals surface area contributed by atoms with Crippen molar-refractivity contribution in [3.8, 4) is 5.75 Å². The lowest BCUT2D eigenvalue weighted by Crippen LogP contribution is -2.45. The van der Waals surface area contributed by atoms with E-state index in [4.69, 9.17) is 9.47 Å². The van der Waals surface area contributed by atoms with Crippen molar-refractivity contribution in [1.82, 2.24) is 10.2 Å². The van der Waals surface area contributed by atoms with Crippen molar-refractivity contribution >= 4 is 23.7 Å². The predicted octanol–water partition coefficient (Wildman–Crippen LogP) is 1.46. The van der Waals surface area contributed by atoms with Gasteiger partial charge in [0.1, 0.15) is 11.8 Å². The quantitative estimate of drug-likeness (QED) is 0.509. The van der Waals surface area contributed by atoms with Crippen LogP contribution in [0, 0.1) is 11.8 Å². The second-order valence-electron chi connectivity index (χ2n) is 7.78. The minimum atomic E-state index is -1.03. The maximum Gasteiger partial charge on any atom is 0.329 e. The number of rotatable bonds is 8. The molecule has 0 bridgehead atoms. The number of fused-ring (bicyclic) bond motifs is 1. The van der Waals surface area contributed by atoms with E-state index in [0.717, 1.165) is 29.1 Å². The molecule has 3 atom stereocenters. The Bertz CT molecular complexity index is 782. The fourth-order valence-electron chi connectivity index (χ4n) is 4.12. The molecule has 0 radical (unpaired) electrons. The molecule has 30 heavy (non-hydrogen) atoms. The summed E-state index contributed by atoms with van der Waals surface area (Å²) in [6.45, 7) is 1.41. The van der Waals surface area contributed by atoms with E-state index in [1.165, 1.54) is 6.92 Å². The molecule has 0 spiro atoms. The largest absolute Gasteiger partial charge is 0.497 e. The van der Waals surface area contributed by atoms with Crippen molar-refractivity contribution in [3.63, 3.8) is 0 Å². The molecule has 8 heteroatoms. The summed E-state index contributed by atoms with van der Waals surface area (Å²) in [4.78, 5) is 50.4. The van der Waals surface area contributed by atoms with Gasteiger partial charge in [-0.05, 0) is 43.9 Å². The van der Waals surface area contributed by atoms with Crippen molar-refractivity contribution in [2.24, 2.45) is 11.8 Å². The molecule has 1 saturated heterocycles. The minimum absolute atomic E-state index is 0.293. The summed E-state index contributed by atoms with van der Waals surface area (Å²) in [5.41, 5.74) is 1.04. The third-order valence-electron chi connectivity index (χ3n) is 5.84. The number of esters is 1. The van der Waals surface area contributed by atoms with E-state index in [1.807, 2.05) is 24.3 Å². The van der Waals surface area contributed by atoms with Gasteiger partial charge in [-0.2, -0.15) is 0 Å². The summed E-state index contributed by atoms with van der Waals surface area (Å²) in [6.07, 6.45) is 3.83. The van der Waals surface area contributed by atoms with Gasteiger partial charge >= 0.3 is 5.97 Å². The molecule has 3 rings (SSSR count). The highest BCUT2D eigenvalue weighted by atomic mass is 16.5. The Morgan fingerprint density at radius 1 is 1.10 bits per heavy atom. The summed E-state index contributed by atoms with van der Waals surface area (Å²) in [7, 11) is 1.60. The van der Waals surface area contributed by atoms with Crippen LogP contribution in [0.2, 0.25) is 0 Å². The number of nitrogens with zero attached hydrogens (tertiary/aromatic N) is 1. The van der Waals surface area contributed by atoms with E-state index in [9.17, 15) is 19.2 Å². The Labute approximate surface area is 175 Å². The first-order valence-corrected chi connectivity index (χ1v) is 10.4. The molecule has 1 N–H and O–H groups in total. The van der Waals surface area contributed by atoms with Gasteiger partial charge in [0.25, 0.3) is 5.91 Å². The van der Waals surface area contributed by atoms with E-state index >= 15 is 0 Å². The SMILES string of the molecule is COc1ccc(CCNC(=O)COC(=O)[C@H](C)N2C(=O)[C@H]3CCCC[C@@H]3C2=O)cc1. The monoisotopic (exact) mass is 416 g/mol. The van der Waals surface area contributed by atoms with E-state index < -0.39 is 24.5 Å². The number of nitrogens with one attached hydrogen (secondary N) is 1. The average Bonchev–Trinajstić information content (AvgIpc) is 3.02. The third-order valence-corrected chi connectivity index (χ3v) is 5.84. The molecule has 2 fully saturated rings. The van der Waals surface area contributed by atoms with Crippen molar-refractivity contribution in [2.75, 3.05) is 20.3 Å². The molecule has 1 heterocycles. The summed E-state index contributed by atoms with van der Waals surface area (Å²) in [6, 6.07) is 6.49. The molecule has 1 aliphatic carbocycles. The molecule has 8 nitrogen and oxygen atoms in total. The highest BCUT2D eigenvalue weighted by Gasteiger charge is 2.51. The zero-order valence-electron chi connectivity index (χ0n) is 17.4. The Morgan fingerprint density at radius 3 is 2.27 bits per heavy atom. The highest BCUT2D eigenvalue weighted by molar-refractivity contribution is 6.07. The molecule has 3 amide bonds. The maximum absolute atomic E-state index is 12.6. The number of hydrogen-bond donors (Lipinski definition) is 1. The number of ether oxygens (including phenoxy) is 2. The van der Waals surface area contributed by atoms with E-state index in [0.29, 0.717) is 25.8 Å². The van der Waals surface area contributed by atoms with Crippen molar-refractivity contribution in [3.05, 3.63) is 29.8 Å². The first kappa shape index (κ1) is 21.8. The summed E-state index contributed by atoms with van der Waals surface area (Å²) < 4.78 is 10.1. The first-order valence-electron chi connectivity index (χ1n) is 10.4. The zero-order valence-corrected chi connectivity index (χ0v) is 17.4. The first-order chi connectivity index (χ1) is 14.4. The molecular weight excluding hydrogens is 388 g/mol. The molecular formula is C22H28N2O6. The molecule has 0 aromatic heterocycles. The van der Waals surface area contributed by atoms with Gasteiger partial charge in [-0.15, -0.1) is 0 Å². The normalized spacial score (nSPS) is 21.7. The molecule has 1 aromatic rings. The number of imide groups is 1. The number of carbonyl (C=O) groups excluding carboxylic acids is 4. The van der Waals surface area contributed by atoms with Crippen molar-refractivity contribution < 1.29 is 28.7 Å². The third kappa shape index (κ3) is 4.80. The van der Waals surface area contributed by atoms with Gasteiger partial charge in [0.15, 0.2) is 6.61 Å². The molecule has 1 aliphatic heterocycles. The van der Waals surface area contributed by atoms with E-state index in [2.05, 4.69) is 5.32 Å². The number of methoxy groups -OCH3 is 1. The Morgan fingerprint density at radius 2 is 1.70 bits per heavy atom. The lowest BCUT2D eigenvalue weighted by Gasteiger charge is -2.21. The smallest absolute Gasteiger partial charge is 0.329 e. The van der Waals surface area contributed by atoms with Crippen LogP contribution in [-0.4, -0.2) is 54.9 Å². The van der Waals surface area contributed by atoms with Crippen LogP contribution in [0.5, 0.6) is 5.75 Å². The van der Waals surface area contributed by atoms with E-state index in [-0.39, 0.29) is 23.7 Å². The molecule has 1 saturated carbocycles. The Kier molecular flexibility index (Phi) is 7.07. The number of benzene rings is 1. The van der Waals surface area contributed by atoms with E-state index in [1.54, 1.807) is 7.11 Å². The van der Waals surface area contributed by atoms with Gasteiger partial charge in [0.2, 0.25) is 11.8 Å². The number of hydrogen-bond acceptors (Lipinski definition) is 6. The average molecular weight is 416 g/mol. The van der Waals surface area contributed by atoms with Gasteiger partial charge in [-0.1, -0.05) is 25.0 Å². The van der Waals surface area contributed by atoms with Crippen LogP contribution in [-0.2, 0) is 30.3 Å². The summed E-state index contributed by atoms with van der Waals surface area (Å²) >= 11 is 0. The van der Waals surface area contributed by atoms with Gasteiger partial charge in [0, 0.05) is 6.54 Å². The second-order valence-corrected chi connectivity index (χ2v) is 7.78. The van der Waals surface area contributed by atoms with Crippen LogP contribution < -0.4 is 10.1 Å². The van der Waals surface area contributed by atoms with Crippen LogP contribution in [0.3, 0.4) is 0 Å². The maximum atomic E-state index is 12.6. The lowest BCUT2D eigenvalue weighted by atomic mass is 9.81. The molecule has 2 aliphatic rings. The second kappa shape index (κ2) is 9.73. The lowest BCUT2D eigenvalue weighted by molar-refractivity contribution is -0.159. The fraction of sp³-hybridized carbons (Fsp3) is 0.545. The van der Waals surface area contributed by atoms with Crippen molar-refractivity contribution in [2.45, 2.75) is 45.1 Å². The van der Waals surface area contributed by atoms with Crippen LogP contribution in [0.4, 0.5) is 0 Å². The van der Waals surface area contributed by atoms with Gasteiger partial charge < -0.3 is 14.8 Å². The Hall–Kier alpha value is -2.90. The minimum Gasteiger partial charge on any atom is -0.497 e. The number of amides is 3. The van der Waals surface area contributed by atoms with Gasteiger partial charge in [0.05, 0.1) is 18.9 Å². The van der Waals surface area contributed by atoms with Crippen LogP contribution in [0.15, 0.2) is 24.3 Å². The standard InChI is InChI=1S/C22H28N2O6/c1-14(24-20(26)17-5-3-4-6-18(17)21(24)27)22(28)30-13-19(25)23-12-11-15-7-9-16(29-2)10-8-15/h7-10,14,17-18H,3-6,11-13H2,1-2H3,(H,23,25)/t14-,17-,18-/m0/s1. The Balaban J connectivity index is 1.42. The molecule has 162 valence electrons. The predicted molar refractivity (Wildman–Crippen MR) is 107 cm³/mol. The van der Waals surface area contributed by atoms with Gasteiger partial charge in [-0.25, -0.2) is 4.79 Å². The molecule has 0 unspecified atom stereocenters. The highest BCUT2D eigenvalue weighted by Crippen LogP contribution is 2.38. The molecule has 1 aromatic carbocycles. The summed E-state index contributed by atoms with van der Waals surface area (Å²) in [5.74, 6) is -1.64. The zero-order chi connectivity index (χ0) is 21.7. The van der Waals surface area contributed by atoms with Crippen LogP contribution >= 0.6 is 0 Å². The number of likely N-dealkylation sites (tertiary alicyclic amines) is 1. The summed E-state index contributed by atoms with van der Waals surface area (Å²) in [5, 5.41) is 2.69. The van der Waals surface area contributed by atoms with Crippen molar-refractivity contribution in [1.29, 1.82) is 0 Å². The van der Waals surface area contributed by atoms with Gasteiger partial charge in [-0.3, -0.25) is 19.3 Å².